The number of nitriles is 1. The van der Waals surface area contributed by atoms with Crippen molar-refractivity contribution in [2.75, 3.05) is 33.2 Å². The fraction of sp³-hybridized carbons (Fsp3) is 0.350. The van der Waals surface area contributed by atoms with Crippen LogP contribution < -0.4 is 24.7 Å². The molecule has 0 unspecified atom stereocenters. The van der Waals surface area contributed by atoms with E-state index in [1.165, 1.54) is 18.9 Å². The van der Waals surface area contributed by atoms with Crippen LogP contribution in [0.15, 0.2) is 36.4 Å². The van der Waals surface area contributed by atoms with E-state index in [1.807, 2.05) is 26.1 Å². The Morgan fingerprint density at radius 2 is 1.79 bits per heavy atom. The number of ether oxygens (including phenoxy) is 4. The number of aromatic hydroxyl groups is 1. The number of rotatable bonds is 4. The van der Waals surface area contributed by atoms with Gasteiger partial charge in [0.05, 0.1) is 30.8 Å². The number of phenolic OH excluding ortho intramolecular Hbond substituents is 1. The predicted octanol–water partition coefficient (Wildman–Crippen LogP) is 4.47. The van der Waals surface area contributed by atoms with Gasteiger partial charge in [0, 0.05) is 64.4 Å². The molecule has 0 saturated carbocycles. The standard InChI is InChI=1S/C40H37N5O8/c1-17-9-21-11-26-28(14-41)45-27(33(43(26)4)31(21)34(47)35(17)50-5)13-24-32(38-37(51-16-52-38)18(2)36(24)53-19(3)46)29(45)15-44-39(48)23-8-6-7-20-10-22(42)12-25(30(20)23)40(44)49/h6-10,12,26-29,33,47H,11,13,15-16,42H2,1-5H3/t26-,27-,28-,29-,33-/m0/s1. The van der Waals surface area contributed by atoms with Crippen molar-refractivity contribution in [3.63, 3.8) is 0 Å². The summed E-state index contributed by atoms with van der Waals surface area (Å²) in [6, 6.07) is 10.4. The number of likely N-dealkylation sites (N-methyl/N-ethyl adjacent to an activating group) is 1. The van der Waals surface area contributed by atoms with Gasteiger partial charge in [0.15, 0.2) is 23.0 Å². The first kappa shape index (κ1) is 33.0. The third-order valence-corrected chi connectivity index (χ3v) is 11.8. The largest absolute Gasteiger partial charge is 0.504 e. The number of nitrogens with zero attached hydrogens (tertiary/aromatic N) is 4. The molecule has 53 heavy (non-hydrogen) atoms. The summed E-state index contributed by atoms with van der Waals surface area (Å²) in [5, 5.41) is 24.1. The Labute approximate surface area is 305 Å². The van der Waals surface area contributed by atoms with E-state index in [-0.39, 0.29) is 31.5 Å². The first-order valence-corrected chi connectivity index (χ1v) is 17.5. The molecule has 1 saturated heterocycles. The van der Waals surface area contributed by atoms with Crippen LogP contribution in [0, 0.1) is 25.2 Å². The van der Waals surface area contributed by atoms with Crippen LogP contribution in [0.3, 0.4) is 0 Å². The van der Waals surface area contributed by atoms with Crippen LogP contribution in [0.5, 0.6) is 28.7 Å². The molecule has 270 valence electrons. The molecule has 0 aliphatic carbocycles. The summed E-state index contributed by atoms with van der Waals surface area (Å²) in [5.41, 5.74) is 11.5. The molecular formula is C40H37N5O8. The maximum absolute atomic E-state index is 14.5. The van der Waals surface area contributed by atoms with Gasteiger partial charge in [-0.25, -0.2) is 0 Å². The van der Waals surface area contributed by atoms with Crippen molar-refractivity contribution in [2.24, 2.45) is 0 Å². The number of carbonyl (C=O) groups excluding carboxylic acids is 3. The third-order valence-electron chi connectivity index (χ3n) is 11.8. The fourth-order valence-electron chi connectivity index (χ4n) is 9.81. The second-order valence-electron chi connectivity index (χ2n) is 14.5. The number of piperazine rings is 1. The number of hydrogen-bond acceptors (Lipinski definition) is 12. The number of fused-ring (bicyclic) bond motifs is 9. The Morgan fingerprint density at radius 3 is 2.53 bits per heavy atom. The van der Waals surface area contributed by atoms with E-state index in [4.69, 9.17) is 24.7 Å². The van der Waals surface area contributed by atoms with E-state index in [0.29, 0.717) is 79.3 Å². The molecule has 5 atom stereocenters. The average Bonchev–Trinajstić information content (AvgIpc) is 3.61. The highest BCUT2D eigenvalue weighted by Crippen LogP contribution is 2.58. The number of nitrogens with two attached hydrogens (primary N) is 1. The van der Waals surface area contributed by atoms with Crippen molar-refractivity contribution >= 4 is 34.2 Å². The maximum atomic E-state index is 14.5. The monoisotopic (exact) mass is 715 g/mol. The second kappa shape index (κ2) is 11.6. The molecule has 13 nitrogen and oxygen atoms in total. The second-order valence-corrected chi connectivity index (χ2v) is 14.5. The number of esters is 1. The Morgan fingerprint density at radius 1 is 1.04 bits per heavy atom. The van der Waals surface area contributed by atoms with Gasteiger partial charge in [0.25, 0.3) is 11.8 Å². The van der Waals surface area contributed by atoms with Crippen molar-refractivity contribution in [1.29, 1.82) is 5.26 Å². The Bertz CT molecular complexity index is 2390. The molecular weight excluding hydrogens is 678 g/mol. The Balaban J connectivity index is 1.29. The summed E-state index contributed by atoms with van der Waals surface area (Å²) < 4.78 is 23.8. The zero-order chi connectivity index (χ0) is 37.2. The number of phenols is 1. The summed E-state index contributed by atoms with van der Waals surface area (Å²) in [4.78, 5) is 47.1. The molecule has 3 N–H and O–H groups in total. The lowest BCUT2D eigenvalue weighted by Gasteiger charge is -2.60. The van der Waals surface area contributed by atoms with Gasteiger partial charge in [-0.15, -0.1) is 0 Å². The summed E-state index contributed by atoms with van der Waals surface area (Å²) in [5.74, 6) is -0.00456. The van der Waals surface area contributed by atoms with Crippen LogP contribution >= 0.6 is 0 Å². The lowest BCUT2D eigenvalue weighted by molar-refractivity contribution is -0.132. The van der Waals surface area contributed by atoms with Crippen LogP contribution in [0.25, 0.3) is 10.8 Å². The molecule has 0 radical (unpaired) electrons. The van der Waals surface area contributed by atoms with Crippen molar-refractivity contribution < 1.29 is 38.4 Å². The van der Waals surface area contributed by atoms with E-state index in [9.17, 15) is 24.8 Å². The molecule has 2 amide bonds. The SMILES string of the molecule is COc1c(C)cc2c(c1O)[C@@H]1[C@@H]3Cc4c(OC(C)=O)c(C)c5c(c4[C@H](CN4C(=O)c6cccc7cc(N)cc(c67)C4=O)N3[C@@H](C#N)[C@H](C2)N1C)OCO5. The highest BCUT2D eigenvalue weighted by Gasteiger charge is 2.57. The lowest BCUT2D eigenvalue weighted by Crippen LogP contribution is -2.69. The lowest BCUT2D eigenvalue weighted by atomic mass is 9.71. The van der Waals surface area contributed by atoms with E-state index in [0.717, 1.165) is 11.1 Å². The average molecular weight is 716 g/mol. The van der Waals surface area contributed by atoms with Gasteiger partial charge in [0.2, 0.25) is 6.79 Å². The number of benzene rings is 4. The number of hydrogen-bond donors (Lipinski definition) is 2. The van der Waals surface area contributed by atoms with Crippen LogP contribution in [-0.2, 0) is 17.6 Å². The van der Waals surface area contributed by atoms with Gasteiger partial charge in [0.1, 0.15) is 11.8 Å². The number of nitrogen functional groups attached to an aromatic ring is 1. The topological polar surface area (TPSA) is 168 Å². The minimum absolute atomic E-state index is 0.0289. The highest BCUT2D eigenvalue weighted by molar-refractivity contribution is 6.26. The van der Waals surface area contributed by atoms with E-state index >= 15 is 0 Å². The first-order valence-electron chi connectivity index (χ1n) is 17.5. The van der Waals surface area contributed by atoms with Crippen LogP contribution in [-0.4, -0.2) is 83.2 Å². The number of aryl methyl sites for hydroxylation is 1. The van der Waals surface area contributed by atoms with Crippen LogP contribution in [0.2, 0.25) is 0 Å². The zero-order valence-corrected chi connectivity index (χ0v) is 29.9. The van der Waals surface area contributed by atoms with Crippen molar-refractivity contribution in [3.8, 4) is 34.8 Å². The summed E-state index contributed by atoms with van der Waals surface area (Å²) in [6.07, 6.45) is 0.740. The molecule has 5 heterocycles. The zero-order valence-electron chi connectivity index (χ0n) is 29.9. The summed E-state index contributed by atoms with van der Waals surface area (Å²) >= 11 is 0. The van der Waals surface area contributed by atoms with Gasteiger partial charge in [-0.1, -0.05) is 18.2 Å². The molecule has 1 fully saturated rings. The molecule has 9 rings (SSSR count). The summed E-state index contributed by atoms with van der Waals surface area (Å²) in [6.45, 7) is 4.75. The number of imide groups is 1. The van der Waals surface area contributed by atoms with Gasteiger partial charge in [-0.05, 0) is 68.4 Å². The molecule has 13 heteroatoms. The van der Waals surface area contributed by atoms with Crippen LogP contribution in [0.1, 0.15) is 73.1 Å². The quantitative estimate of drug-likeness (QED) is 0.132. The van der Waals surface area contributed by atoms with Crippen molar-refractivity contribution in [1.82, 2.24) is 14.7 Å². The van der Waals surface area contributed by atoms with Crippen molar-refractivity contribution in [2.45, 2.75) is 63.8 Å². The highest BCUT2D eigenvalue weighted by atomic mass is 16.7. The van der Waals surface area contributed by atoms with E-state index < -0.39 is 42.0 Å². The normalized spacial score (nSPS) is 24.0. The molecule has 5 aliphatic heterocycles. The predicted molar refractivity (Wildman–Crippen MR) is 191 cm³/mol. The number of methoxy groups -OCH3 is 1. The van der Waals surface area contributed by atoms with Crippen LogP contribution in [0.4, 0.5) is 5.69 Å². The maximum Gasteiger partial charge on any atom is 0.308 e. The number of anilines is 1. The fourth-order valence-corrected chi connectivity index (χ4v) is 9.81. The molecule has 2 bridgehead atoms. The van der Waals surface area contributed by atoms with E-state index in [1.54, 1.807) is 31.2 Å². The third kappa shape index (κ3) is 4.45. The van der Waals surface area contributed by atoms with Gasteiger partial charge in [-0.3, -0.25) is 29.1 Å². The number of amides is 2. The molecule has 0 spiro atoms. The van der Waals surface area contributed by atoms with Gasteiger partial charge in [-0.2, -0.15) is 5.26 Å². The minimum atomic E-state index is -0.816. The molecule has 4 aromatic rings. The Kier molecular flexibility index (Phi) is 7.22. The smallest absolute Gasteiger partial charge is 0.308 e. The van der Waals surface area contributed by atoms with E-state index in [2.05, 4.69) is 15.9 Å². The molecule has 0 aromatic heterocycles. The first-order chi connectivity index (χ1) is 25.4. The molecule has 5 aliphatic rings. The Hall–Kier alpha value is -5.84. The summed E-state index contributed by atoms with van der Waals surface area (Å²) in [7, 11) is 3.47. The van der Waals surface area contributed by atoms with Crippen molar-refractivity contribution in [3.05, 3.63) is 80.9 Å². The minimum Gasteiger partial charge on any atom is -0.504 e. The van der Waals surface area contributed by atoms with Gasteiger partial charge >= 0.3 is 5.97 Å². The van der Waals surface area contributed by atoms with Gasteiger partial charge < -0.3 is 29.8 Å². The molecule has 4 aromatic carbocycles. The number of carbonyl (C=O) groups is 3.